The second-order valence-corrected chi connectivity index (χ2v) is 7.77. The largest absolute Gasteiger partial charge is 0.294 e. The van der Waals surface area contributed by atoms with Crippen LogP contribution in [-0.4, -0.2) is 14.5 Å². The Labute approximate surface area is 165 Å². The van der Waals surface area contributed by atoms with Gasteiger partial charge in [0.25, 0.3) is 0 Å². The molecule has 0 aliphatic carbocycles. The van der Waals surface area contributed by atoms with Gasteiger partial charge in [0, 0.05) is 45.2 Å². The van der Waals surface area contributed by atoms with Crippen molar-refractivity contribution in [1.29, 1.82) is 0 Å². The van der Waals surface area contributed by atoms with Gasteiger partial charge in [-0.05, 0) is 53.2 Å². The van der Waals surface area contributed by atoms with E-state index < -0.39 is 0 Å². The summed E-state index contributed by atoms with van der Waals surface area (Å²) in [6, 6.07) is 23.5. The number of para-hydroxylation sites is 1. The second kappa shape index (κ2) is 6.01. The fourth-order valence-corrected chi connectivity index (χ4v) is 4.70. The van der Waals surface area contributed by atoms with Crippen LogP contribution in [0.3, 0.4) is 0 Å². The first-order chi connectivity index (χ1) is 13.9. The highest BCUT2D eigenvalue weighted by atomic mass is 32.1. The number of hydrogen-bond donors (Lipinski definition) is 0. The Morgan fingerprint density at radius 3 is 2.54 bits per heavy atom. The van der Waals surface area contributed by atoms with Gasteiger partial charge in [0.2, 0.25) is 0 Å². The van der Waals surface area contributed by atoms with Crippen LogP contribution in [0.5, 0.6) is 0 Å². The van der Waals surface area contributed by atoms with Crippen molar-refractivity contribution in [2.24, 2.45) is 0 Å². The standard InChI is InChI=1S/C24H15N3S/c1-2-6-21-19(5-1)20-12-16-9-11-28-23(16)13-22(20)27(21)24-8-7-18(15-26-24)17-4-3-10-25-14-17/h1-15H. The summed E-state index contributed by atoms with van der Waals surface area (Å²) in [6.45, 7) is 0. The quantitative estimate of drug-likeness (QED) is 0.347. The molecule has 0 saturated carbocycles. The first-order valence-corrected chi connectivity index (χ1v) is 10.0. The molecule has 0 fully saturated rings. The van der Waals surface area contributed by atoms with Gasteiger partial charge >= 0.3 is 0 Å². The van der Waals surface area contributed by atoms with Gasteiger partial charge in [0.05, 0.1) is 11.0 Å². The molecule has 3 nitrogen and oxygen atoms in total. The van der Waals surface area contributed by atoms with Crippen molar-refractivity contribution in [3.05, 3.63) is 90.7 Å². The van der Waals surface area contributed by atoms with Crippen molar-refractivity contribution in [3.63, 3.8) is 0 Å². The molecule has 28 heavy (non-hydrogen) atoms. The van der Waals surface area contributed by atoms with Crippen molar-refractivity contribution in [2.45, 2.75) is 0 Å². The molecule has 0 radical (unpaired) electrons. The van der Waals surface area contributed by atoms with Crippen LogP contribution in [0.4, 0.5) is 0 Å². The molecule has 0 unspecified atom stereocenters. The molecule has 2 aromatic carbocycles. The first kappa shape index (κ1) is 15.5. The van der Waals surface area contributed by atoms with E-state index in [1.54, 1.807) is 17.5 Å². The molecular weight excluding hydrogens is 362 g/mol. The van der Waals surface area contributed by atoms with E-state index in [0.29, 0.717) is 0 Å². The highest BCUT2D eigenvalue weighted by Crippen LogP contribution is 2.35. The minimum atomic E-state index is 0.926. The van der Waals surface area contributed by atoms with Crippen molar-refractivity contribution in [1.82, 2.24) is 14.5 Å². The molecule has 0 aliphatic rings. The molecule has 0 N–H and O–H groups in total. The average molecular weight is 377 g/mol. The highest BCUT2D eigenvalue weighted by molar-refractivity contribution is 7.17. The van der Waals surface area contributed by atoms with E-state index in [2.05, 4.69) is 75.6 Å². The van der Waals surface area contributed by atoms with Crippen molar-refractivity contribution in [3.8, 4) is 16.9 Å². The van der Waals surface area contributed by atoms with Crippen LogP contribution < -0.4 is 0 Å². The van der Waals surface area contributed by atoms with Gasteiger partial charge in [0.15, 0.2) is 0 Å². The fraction of sp³-hybridized carbons (Fsp3) is 0. The molecule has 4 aromatic heterocycles. The first-order valence-electron chi connectivity index (χ1n) is 9.16. The number of nitrogens with zero attached hydrogens (tertiary/aromatic N) is 3. The summed E-state index contributed by atoms with van der Waals surface area (Å²) in [4.78, 5) is 9.01. The minimum absolute atomic E-state index is 0.926. The Bertz CT molecular complexity index is 1440. The van der Waals surface area contributed by atoms with Crippen LogP contribution in [0.1, 0.15) is 0 Å². The summed E-state index contributed by atoms with van der Waals surface area (Å²) in [5.41, 5.74) is 4.51. The maximum Gasteiger partial charge on any atom is 0.137 e. The smallest absolute Gasteiger partial charge is 0.137 e. The SMILES string of the molecule is c1cncc(-c2ccc(-n3c4ccccc4c4cc5ccsc5cc43)nc2)c1. The third-order valence-electron chi connectivity index (χ3n) is 5.22. The van der Waals surface area contributed by atoms with Gasteiger partial charge in [0.1, 0.15) is 5.82 Å². The second-order valence-electron chi connectivity index (χ2n) is 6.83. The highest BCUT2D eigenvalue weighted by Gasteiger charge is 2.14. The predicted octanol–water partition coefficient (Wildman–Crippen LogP) is 6.46. The summed E-state index contributed by atoms with van der Waals surface area (Å²) in [5, 5.41) is 5.96. The van der Waals surface area contributed by atoms with Crippen molar-refractivity contribution >= 4 is 43.2 Å². The van der Waals surface area contributed by atoms with Crippen LogP contribution in [0, 0.1) is 0 Å². The Morgan fingerprint density at radius 1 is 0.750 bits per heavy atom. The normalized spacial score (nSPS) is 11.6. The Morgan fingerprint density at radius 2 is 1.68 bits per heavy atom. The molecule has 0 aliphatic heterocycles. The summed E-state index contributed by atoms with van der Waals surface area (Å²) in [5.74, 6) is 0.926. The average Bonchev–Trinajstić information content (AvgIpc) is 3.35. The maximum absolute atomic E-state index is 4.80. The lowest BCUT2D eigenvalue weighted by Gasteiger charge is -2.08. The van der Waals surface area contributed by atoms with E-state index in [9.17, 15) is 0 Å². The Kier molecular flexibility index (Phi) is 3.34. The molecule has 6 rings (SSSR count). The lowest BCUT2D eigenvalue weighted by Crippen LogP contribution is -1.97. The lowest BCUT2D eigenvalue weighted by molar-refractivity contribution is 1.08. The van der Waals surface area contributed by atoms with Gasteiger partial charge < -0.3 is 0 Å². The number of pyridine rings is 2. The molecular formula is C24H15N3S. The number of rotatable bonds is 2. The molecule has 0 saturated heterocycles. The van der Waals surface area contributed by atoms with Crippen LogP contribution in [-0.2, 0) is 0 Å². The number of aromatic nitrogens is 3. The van der Waals surface area contributed by atoms with E-state index >= 15 is 0 Å². The minimum Gasteiger partial charge on any atom is -0.294 e. The summed E-state index contributed by atoms with van der Waals surface area (Å²) >= 11 is 1.77. The predicted molar refractivity (Wildman–Crippen MR) is 117 cm³/mol. The molecule has 6 aromatic rings. The number of benzene rings is 2. The van der Waals surface area contributed by atoms with Crippen LogP contribution in [0.15, 0.2) is 90.7 Å². The van der Waals surface area contributed by atoms with Crippen LogP contribution in [0.2, 0.25) is 0 Å². The zero-order chi connectivity index (χ0) is 18.5. The van der Waals surface area contributed by atoms with E-state index in [1.807, 2.05) is 18.5 Å². The van der Waals surface area contributed by atoms with Gasteiger partial charge in [-0.1, -0.05) is 24.3 Å². The van der Waals surface area contributed by atoms with Gasteiger partial charge in [-0.2, -0.15) is 0 Å². The zero-order valence-electron chi connectivity index (χ0n) is 14.9. The number of thiophene rings is 1. The molecule has 0 bridgehead atoms. The van der Waals surface area contributed by atoms with E-state index in [1.165, 1.54) is 31.9 Å². The fourth-order valence-electron chi connectivity index (χ4n) is 3.90. The Balaban J connectivity index is 1.62. The topological polar surface area (TPSA) is 30.7 Å². The maximum atomic E-state index is 4.80. The molecule has 4 heterocycles. The Hall–Kier alpha value is -3.50. The third kappa shape index (κ3) is 2.28. The van der Waals surface area contributed by atoms with Gasteiger partial charge in [-0.3, -0.25) is 9.55 Å². The molecule has 0 amide bonds. The summed E-state index contributed by atoms with van der Waals surface area (Å²) < 4.78 is 3.56. The molecule has 0 spiro atoms. The van der Waals surface area contributed by atoms with E-state index in [4.69, 9.17) is 4.98 Å². The van der Waals surface area contributed by atoms with Gasteiger partial charge in [-0.25, -0.2) is 4.98 Å². The van der Waals surface area contributed by atoms with Crippen LogP contribution in [0.25, 0.3) is 48.8 Å². The number of hydrogen-bond acceptors (Lipinski definition) is 3. The van der Waals surface area contributed by atoms with Gasteiger partial charge in [-0.15, -0.1) is 11.3 Å². The molecule has 132 valence electrons. The van der Waals surface area contributed by atoms with Crippen molar-refractivity contribution < 1.29 is 0 Å². The monoisotopic (exact) mass is 377 g/mol. The van der Waals surface area contributed by atoms with Crippen molar-refractivity contribution in [2.75, 3.05) is 0 Å². The summed E-state index contributed by atoms with van der Waals surface area (Å²) in [7, 11) is 0. The number of fused-ring (bicyclic) bond motifs is 4. The summed E-state index contributed by atoms with van der Waals surface area (Å²) in [6.07, 6.45) is 5.58. The molecule has 0 atom stereocenters. The van der Waals surface area contributed by atoms with E-state index in [-0.39, 0.29) is 0 Å². The molecule has 4 heteroatoms. The third-order valence-corrected chi connectivity index (χ3v) is 6.10. The van der Waals surface area contributed by atoms with Crippen LogP contribution >= 0.6 is 11.3 Å². The zero-order valence-corrected chi connectivity index (χ0v) is 15.7. The van der Waals surface area contributed by atoms with E-state index in [0.717, 1.165) is 16.9 Å². The lowest BCUT2D eigenvalue weighted by atomic mass is 10.1.